The number of nitrogens with zero attached hydrogens (tertiary/aromatic N) is 1. The van der Waals surface area contributed by atoms with Crippen molar-refractivity contribution in [2.24, 2.45) is 5.92 Å². The zero-order valence-electron chi connectivity index (χ0n) is 10.1. The highest BCUT2D eigenvalue weighted by Crippen LogP contribution is 2.22. The molecule has 1 aliphatic rings. The SMILES string of the molecule is CCSc1ccc(N(C)CC2CNC2)cc1. The molecule has 0 unspecified atom stereocenters. The van der Waals surface area contributed by atoms with Crippen LogP contribution in [0.15, 0.2) is 29.2 Å². The number of hydrogen-bond acceptors (Lipinski definition) is 3. The van der Waals surface area contributed by atoms with Crippen LogP contribution in [-0.2, 0) is 0 Å². The van der Waals surface area contributed by atoms with Crippen LogP contribution >= 0.6 is 11.8 Å². The van der Waals surface area contributed by atoms with Gasteiger partial charge in [-0.3, -0.25) is 0 Å². The second-order valence-electron chi connectivity index (χ2n) is 4.33. The monoisotopic (exact) mass is 236 g/mol. The van der Waals surface area contributed by atoms with Crippen molar-refractivity contribution in [3.05, 3.63) is 24.3 Å². The summed E-state index contributed by atoms with van der Waals surface area (Å²) < 4.78 is 0. The van der Waals surface area contributed by atoms with E-state index in [2.05, 4.69) is 48.5 Å². The Labute approximate surface area is 102 Å². The first-order valence-electron chi connectivity index (χ1n) is 5.94. The van der Waals surface area contributed by atoms with Gasteiger partial charge >= 0.3 is 0 Å². The summed E-state index contributed by atoms with van der Waals surface area (Å²) in [5, 5.41) is 3.31. The highest BCUT2D eigenvalue weighted by Gasteiger charge is 2.18. The first-order chi connectivity index (χ1) is 7.79. The summed E-state index contributed by atoms with van der Waals surface area (Å²) in [4.78, 5) is 3.72. The van der Waals surface area contributed by atoms with E-state index in [1.54, 1.807) is 0 Å². The van der Waals surface area contributed by atoms with Gasteiger partial charge in [0, 0.05) is 43.2 Å². The first kappa shape index (κ1) is 11.8. The Hall–Kier alpha value is -0.670. The van der Waals surface area contributed by atoms with E-state index < -0.39 is 0 Å². The summed E-state index contributed by atoms with van der Waals surface area (Å²) in [5.41, 5.74) is 1.33. The summed E-state index contributed by atoms with van der Waals surface area (Å²) >= 11 is 1.90. The highest BCUT2D eigenvalue weighted by atomic mass is 32.2. The molecule has 1 fully saturated rings. The maximum absolute atomic E-state index is 3.31. The second kappa shape index (κ2) is 5.60. The van der Waals surface area contributed by atoms with Crippen LogP contribution in [0.3, 0.4) is 0 Å². The lowest BCUT2D eigenvalue weighted by molar-refractivity contribution is 0.353. The summed E-state index contributed by atoms with van der Waals surface area (Å²) in [6, 6.07) is 8.90. The number of thioether (sulfide) groups is 1. The number of nitrogens with one attached hydrogen (secondary N) is 1. The Morgan fingerprint density at radius 2 is 2.00 bits per heavy atom. The number of hydrogen-bond donors (Lipinski definition) is 1. The molecule has 0 atom stereocenters. The van der Waals surface area contributed by atoms with Gasteiger partial charge in [-0.1, -0.05) is 6.92 Å². The Bertz CT molecular complexity index is 319. The number of anilines is 1. The quantitative estimate of drug-likeness (QED) is 0.791. The molecule has 2 nitrogen and oxygen atoms in total. The Kier molecular flexibility index (Phi) is 4.13. The Morgan fingerprint density at radius 1 is 1.31 bits per heavy atom. The minimum absolute atomic E-state index is 0.828. The van der Waals surface area contributed by atoms with Crippen LogP contribution in [0.1, 0.15) is 6.92 Å². The normalized spacial score (nSPS) is 15.9. The fraction of sp³-hybridized carbons (Fsp3) is 0.538. The Morgan fingerprint density at radius 3 is 2.50 bits per heavy atom. The average molecular weight is 236 g/mol. The molecule has 0 radical (unpaired) electrons. The Balaban J connectivity index is 1.91. The van der Waals surface area contributed by atoms with Crippen molar-refractivity contribution in [1.29, 1.82) is 0 Å². The smallest absolute Gasteiger partial charge is 0.0364 e. The van der Waals surface area contributed by atoms with Crippen molar-refractivity contribution in [3.63, 3.8) is 0 Å². The van der Waals surface area contributed by atoms with Crippen LogP contribution < -0.4 is 10.2 Å². The minimum atomic E-state index is 0.828. The largest absolute Gasteiger partial charge is 0.374 e. The van der Waals surface area contributed by atoms with Crippen LogP contribution in [0.5, 0.6) is 0 Å². The summed E-state index contributed by atoms with van der Waals surface area (Å²) in [6.07, 6.45) is 0. The van der Waals surface area contributed by atoms with E-state index in [-0.39, 0.29) is 0 Å². The van der Waals surface area contributed by atoms with Crippen LogP contribution in [0, 0.1) is 5.92 Å². The van der Waals surface area contributed by atoms with Crippen LogP contribution in [-0.4, -0.2) is 32.4 Å². The lowest BCUT2D eigenvalue weighted by Gasteiger charge is -2.32. The average Bonchev–Trinajstić information content (AvgIpc) is 2.25. The van der Waals surface area contributed by atoms with E-state index in [4.69, 9.17) is 0 Å². The third-order valence-electron chi connectivity index (χ3n) is 2.99. The molecule has 0 aromatic heterocycles. The van der Waals surface area contributed by atoms with E-state index in [9.17, 15) is 0 Å². The zero-order chi connectivity index (χ0) is 11.4. The third kappa shape index (κ3) is 2.92. The predicted molar refractivity (Wildman–Crippen MR) is 72.5 cm³/mol. The number of rotatable bonds is 5. The predicted octanol–water partition coefficient (Wildman–Crippen LogP) is 2.45. The molecular weight excluding hydrogens is 216 g/mol. The van der Waals surface area contributed by atoms with Gasteiger partial charge in [0.15, 0.2) is 0 Å². The highest BCUT2D eigenvalue weighted by molar-refractivity contribution is 7.99. The first-order valence-corrected chi connectivity index (χ1v) is 6.93. The maximum Gasteiger partial charge on any atom is 0.0364 e. The molecule has 0 saturated carbocycles. The molecule has 1 N–H and O–H groups in total. The van der Waals surface area contributed by atoms with Crippen molar-refractivity contribution in [2.45, 2.75) is 11.8 Å². The van der Waals surface area contributed by atoms with Gasteiger partial charge < -0.3 is 10.2 Å². The molecule has 0 bridgehead atoms. The maximum atomic E-state index is 3.31. The van der Waals surface area contributed by atoms with Crippen molar-refractivity contribution in [1.82, 2.24) is 5.32 Å². The summed E-state index contributed by atoms with van der Waals surface area (Å²) in [7, 11) is 2.18. The molecule has 1 aromatic carbocycles. The second-order valence-corrected chi connectivity index (χ2v) is 5.67. The van der Waals surface area contributed by atoms with Gasteiger partial charge in [-0.25, -0.2) is 0 Å². The van der Waals surface area contributed by atoms with Crippen LogP contribution in [0.4, 0.5) is 5.69 Å². The molecular formula is C13H20N2S. The molecule has 2 rings (SSSR count). The van der Waals surface area contributed by atoms with Crippen molar-refractivity contribution in [3.8, 4) is 0 Å². The van der Waals surface area contributed by atoms with E-state index in [1.165, 1.54) is 23.7 Å². The molecule has 0 spiro atoms. The molecule has 0 amide bonds. The molecule has 1 heterocycles. The van der Waals surface area contributed by atoms with Gasteiger partial charge in [0.1, 0.15) is 0 Å². The van der Waals surface area contributed by atoms with Crippen LogP contribution in [0.2, 0.25) is 0 Å². The van der Waals surface area contributed by atoms with E-state index in [1.807, 2.05) is 11.8 Å². The molecule has 3 heteroatoms. The zero-order valence-corrected chi connectivity index (χ0v) is 10.9. The molecule has 1 saturated heterocycles. The van der Waals surface area contributed by atoms with Crippen molar-refractivity contribution in [2.75, 3.05) is 37.3 Å². The summed E-state index contributed by atoms with van der Waals surface area (Å²) in [6.45, 7) is 5.70. The molecule has 88 valence electrons. The molecule has 0 aliphatic carbocycles. The van der Waals surface area contributed by atoms with Crippen molar-refractivity contribution >= 4 is 17.4 Å². The minimum Gasteiger partial charge on any atom is -0.374 e. The number of benzene rings is 1. The van der Waals surface area contributed by atoms with Gasteiger partial charge in [-0.05, 0) is 30.0 Å². The van der Waals surface area contributed by atoms with Gasteiger partial charge in [0.05, 0.1) is 0 Å². The molecule has 1 aromatic rings. The van der Waals surface area contributed by atoms with Crippen molar-refractivity contribution < 1.29 is 0 Å². The van der Waals surface area contributed by atoms with E-state index in [0.717, 1.165) is 18.2 Å². The molecule has 1 aliphatic heterocycles. The van der Waals surface area contributed by atoms with Gasteiger partial charge in [-0.2, -0.15) is 0 Å². The van der Waals surface area contributed by atoms with E-state index >= 15 is 0 Å². The van der Waals surface area contributed by atoms with Gasteiger partial charge in [0.2, 0.25) is 0 Å². The topological polar surface area (TPSA) is 15.3 Å². The van der Waals surface area contributed by atoms with Crippen LogP contribution in [0.25, 0.3) is 0 Å². The van der Waals surface area contributed by atoms with Gasteiger partial charge in [0.25, 0.3) is 0 Å². The molecule has 16 heavy (non-hydrogen) atoms. The summed E-state index contributed by atoms with van der Waals surface area (Å²) in [5.74, 6) is 1.97. The lowest BCUT2D eigenvalue weighted by atomic mass is 10.0. The fourth-order valence-corrected chi connectivity index (χ4v) is 2.60. The third-order valence-corrected chi connectivity index (χ3v) is 3.88. The lowest BCUT2D eigenvalue weighted by Crippen LogP contribution is -2.47. The standard InChI is InChI=1S/C13H20N2S/c1-3-16-13-6-4-12(5-7-13)15(2)10-11-8-14-9-11/h4-7,11,14H,3,8-10H2,1-2H3. The van der Waals surface area contributed by atoms with Gasteiger partial charge in [-0.15, -0.1) is 11.8 Å². The fourth-order valence-electron chi connectivity index (χ4n) is 1.93. The van der Waals surface area contributed by atoms with E-state index in [0.29, 0.717) is 0 Å².